The first-order valence-corrected chi connectivity index (χ1v) is 9.69. The number of rotatable bonds is 2. The van der Waals surface area contributed by atoms with Gasteiger partial charge in [0.1, 0.15) is 11.4 Å². The number of thioether (sulfide) groups is 1. The molecular weight excluding hydrogens is 360 g/mol. The molecule has 0 radical (unpaired) electrons. The Balaban J connectivity index is 1.48. The molecule has 3 heterocycles. The third-order valence-electron chi connectivity index (χ3n) is 5.18. The zero-order valence-corrected chi connectivity index (χ0v) is 15.7. The van der Waals surface area contributed by atoms with Crippen LogP contribution >= 0.6 is 11.8 Å². The van der Waals surface area contributed by atoms with Crippen molar-refractivity contribution in [2.75, 3.05) is 5.32 Å². The Morgan fingerprint density at radius 2 is 1.93 bits per heavy atom. The van der Waals surface area contributed by atoms with E-state index in [1.165, 1.54) is 0 Å². The van der Waals surface area contributed by atoms with Crippen molar-refractivity contribution in [3.8, 4) is 0 Å². The number of benzene rings is 2. The van der Waals surface area contributed by atoms with Gasteiger partial charge in [-0.05, 0) is 37.6 Å². The molecule has 2 N–H and O–H groups in total. The van der Waals surface area contributed by atoms with Crippen LogP contribution in [0.25, 0.3) is 11.0 Å². The second kappa shape index (κ2) is 5.60. The fraction of sp³-hybridized carbons (Fsp3) is 0.250. The molecule has 6 nitrogen and oxygen atoms in total. The first-order chi connectivity index (χ1) is 13.0. The second-order valence-electron chi connectivity index (χ2n) is 7.37. The monoisotopic (exact) mass is 378 g/mol. The van der Waals surface area contributed by atoms with E-state index in [0.717, 1.165) is 16.6 Å². The van der Waals surface area contributed by atoms with Crippen LogP contribution < -0.4 is 5.32 Å². The van der Waals surface area contributed by atoms with E-state index in [4.69, 9.17) is 0 Å². The molecule has 136 valence electrons. The summed E-state index contributed by atoms with van der Waals surface area (Å²) in [5.74, 6) is 0.0863. The molecule has 0 spiro atoms. The Labute approximate surface area is 160 Å². The van der Waals surface area contributed by atoms with Crippen LogP contribution in [0.1, 0.15) is 35.1 Å². The lowest BCUT2D eigenvalue weighted by Crippen LogP contribution is -2.50. The molecule has 3 aromatic rings. The lowest BCUT2D eigenvalue weighted by molar-refractivity contribution is -0.121. The van der Waals surface area contributed by atoms with Crippen LogP contribution in [-0.4, -0.2) is 37.5 Å². The minimum atomic E-state index is -0.583. The SMILES string of the molecule is CC1(C)SC2c3ccccc3C(=O)N2C1C(=O)Nc1nc2ccccc2[nH]1. The lowest BCUT2D eigenvalue weighted by Gasteiger charge is -2.29. The van der Waals surface area contributed by atoms with Crippen molar-refractivity contribution < 1.29 is 9.59 Å². The molecule has 2 aliphatic heterocycles. The van der Waals surface area contributed by atoms with Gasteiger partial charge in [-0.25, -0.2) is 4.98 Å². The molecule has 2 aliphatic rings. The fourth-order valence-corrected chi connectivity index (χ4v) is 5.59. The average molecular weight is 378 g/mol. The molecule has 0 saturated carbocycles. The molecule has 5 rings (SSSR count). The van der Waals surface area contributed by atoms with Crippen molar-refractivity contribution in [3.63, 3.8) is 0 Å². The van der Waals surface area contributed by atoms with Gasteiger partial charge in [-0.2, -0.15) is 0 Å². The lowest BCUT2D eigenvalue weighted by atomic mass is 10.0. The van der Waals surface area contributed by atoms with Gasteiger partial charge in [0.15, 0.2) is 0 Å². The third kappa shape index (κ3) is 2.38. The van der Waals surface area contributed by atoms with Crippen molar-refractivity contribution in [1.29, 1.82) is 0 Å². The Hall–Kier alpha value is -2.80. The summed E-state index contributed by atoms with van der Waals surface area (Å²) < 4.78 is -0.413. The van der Waals surface area contributed by atoms with Gasteiger partial charge >= 0.3 is 0 Å². The summed E-state index contributed by atoms with van der Waals surface area (Å²) in [6, 6.07) is 14.6. The van der Waals surface area contributed by atoms with E-state index in [2.05, 4.69) is 15.3 Å². The number of nitrogens with zero attached hydrogens (tertiary/aromatic N) is 2. The molecule has 0 bridgehead atoms. The standard InChI is InChI=1S/C20H18N4O2S/c1-20(2)15(16(25)23-19-21-13-9-5-6-10-14(13)22-19)24-17(26)11-7-3-4-8-12(11)18(24)27-20/h3-10,15,18H,1-2H3,(H2,21,22,23,25). The quantitative estimate of drug-likeness (QED) is 0.715. The number of para-hydroxylation sites is 2. The van der Waals surface area contributed by atoms with E-state index in [1.807, 2.05) is 62.4 Å². The highest BCUT2D eigenvalue weighted by Crippen LogP contribution is 2.56. The summed E-state index contributed by atoms with van der Waals surface area (Å²) >= 11 is 1.65. The van der Waals surface area contributed by atoms with Crippen molar-refractivity contribution >= 4 is 40.6 Å². The molecule has 27 heavy (non-hydrogen) atoms. The number of nitrogens with one attached hydrogen (secondary N) is 2. The van der Waals surface area contributed by atoms with Gasteiger partial charge in [-0.1, -0.05) is 30.3 Å². The number of hydrogen-bond acceptors (Lipinski definition) is 4. The highest BCUT2D eigenvalue weighted by atomic mass is 32.2. The number of anilines is 1. The minimum Gasteiger partial charge on any atom is -0.324 e. The number of H-pyrrole nitrogens is 1. The van der Waals surface area contributed by atoms with Crippen LogP contribution in [0.15, 0.2) is 48.5 Å². The highest BCUT2D eigenvalue weighted by molar-refractivity contribution is 8.01. The Morgan fingerprint density at radius 3 is 2.74 bits per heavy atom. The Morgan fingerprint density at radius 1 is 1.19 bits per heavy atom. The molecule has 0 aliphatic carbocycles. The molecule has 7 heteroatoms. The summed E-state index contributed by atoms with van der Waals surface area (Å²) in [6.07, 6.45) is 0. The van der Waals surface area contributed by atoms with Crippen LogP contribution in [0.4, 0.5) is 5.95 Å². The van der Waals surface area contributed by atoms with Crippen molar-refractivity contribution in [2.24, 2.45) is 0 Å². The van der Waals surface area contributed by atoms with E-state index in [-0.39, 0.29) is 17.2 Å². The van der Waals surface area contributed by atoms with Gasteiger partial charge < -0.3 is 9.88 Å². The normalized spacial score (nSPS) is 22.7. The van der Waals surface area contributed by atoms with E-state index < -0.39 is 10.8 Å². The minimum absolute atomic E-state index is 0.0848. The maximum atomic E-state index is 13.2. The van der Waals surface area contributed by atoms with Crippen LogP contribution in [0.3, 0.4) is 0 Å². The maximum Gasteiger partial charge on any atom is 0.256 e. The number of carbonyl (C=O) groups is 2. The zero-order valence-electron chi connectivity index (χ0n) is 14.9. The molecule has 2 amide bonds. The molecule has 2 atom stereocenters. The Kier molecular flexibility index (Phi) is 3.40. The number of aromatic nitrogens is 2. The summed E-state index contributed by atoms with van der Waals surface area (Å²) in [4.78, 5) is 35.4. The van der Waals surface area contributed by atoms with Gasteiger partial charge in [0, 0.05) is 10.3 Å². The van der Waals surface area contributed by atoms with Gasteiger partial charge in [0.2, 0.25) is 5.95 Å². The van der Waals surface area contributed by atoms with E-state index in [1.54, 1.807) is 16.7 Å². The summed E-state index contributed by atoms with van der Waals surface area (Å²) in [5.41, 5.74) is 3.32. The molecular formula is C20H18N4O2S. The first kappa shape index (κ1) is 16.4. The van der Waals surface area contributed by atoms with E-state index in [9.17, 15) is 9.59 Å². The number of amides is 2. The number of aromatic amines is 1. The molecule has 1 saturated heterocycles. The second-order valence-corrected chi connectivity index (χ2v) is 9.10. The maximum absolute atomic E-state index is 13.2. The molecule has 1 fully saturated rings. The highest BCUT2D eigenvalue weighted by Gasteiger charge is 2.57. The largest absolute Gasteiger partial charge is 0.324 e. The van der Waals surface area contributed by atoms with Crippen LogP contribution in [0.5, 0.6) is 0 Å². The predicted octanol–water partition coefficient (Wildman–Crippen LogP) is 3.55. The number of imidazole rings is 1. The topological polar surface area (TPSA) is 78.1 Å². The van der Waals surface area contributed by atoms with Crippen LogP contribution in [-0.2, 0) is 4.79 Å². The number of carbonyl (C=O) groups excluding carboxylic acids is 2. The van der Waals surface area contributed by atoms with Crippen molar-refractivity contribution in [1.82, 2.24) is 14.9 Å². The van der Waals surface area contributed by atoms with Crippen molar-refractivity contribution in [3.05, 3.63) is 59.7 Å². The van der Waals surface area contributed by atoms with Crippen LogP contribution in [0, 0.1) is 0 Å². The van der Waals surface area contributed by atoms with Gasteiger partial charge in [-0.15, -0.1) is 11.8 Å². The van der Waals surface area contributed by atoms with Gasteiger partial charge in [0.05, 0.1) is 11.0 Å². The van der Waals surface area contributed by atoms with E-state index >= 15 is 0 Å². The predicted molar refractivity (Wildman–Crippen MR) is 106 cm³/mol. The number of hydrogen-bond donors (Lipinski definition) is 2. The molecule has 1 aromatic heterocycles. The summed E-state index contributed by atoms with van der Waals surface area (Å²) in [7, 11) is 0. The summed E-state index contributed by atoms with van der Waals surface area (Å²) in [5, 5.41) is 2.75. The smallest absolute Gasteiger partial charge is 0.256 e. The molecule has 2 unspecified atom stereocenters. The Bertz CT molecular complexity index is 1060. The van der Waals surface area contributed by atoms with Gasteiger partial charge in [-0.3, -0.25) is 14.9 Å². The average Bonchev–Trinajstić information content (AvgIpc) is 3.25. The molecule has 2 aromatic carbocycles. The van der Waals surface area contributed by atoms with E-state index in [0.29, 0.717) is 11.5 Å². The first-order valence-electron chi connectivity index (χ1n) is 8.81. The zero-order chi connectivity index (χ0) is 18.8. The fourth-order valence-electron chi connectivity index (χ4n) is 4.00. The van der Waals surface area contributed by atoms with Crippen molar-refractivity contribution in [2.45, 2.75) is 30.0 Å². The summed E-state index contributed by atoms with van der Waals surface area (Å²) in [6.45, 7) is 4.02. The third-order valence-corrected chi connectivity index (χ3v) is 6.71. The number of fused-ring (bicyclic) bond motifs is 4. The van der Waals surface area contributed by atoms with Gasteiger partial charge in [0.25, 0.3) is 11.8 Å². The van der Waals surface area contributed by atoms with Crippen LogP contribution in [0.2, 0.25) is 0 Å².